The summed E-state index contributed by atoms with van der Waals surface area (Å²) in [6.45, 7) is 3.28. The number of rotatable bonds is 8. The summed E-state index contributed by atoms with van der Waals surface area (Å²) in [6.07, 6.45) is 1.04. The fraction of sp³-hybridized carbons (Fsp3) is 0.263. The highest BCUT2D eigenvalue weighted by atomic mass is 32.2. The van der Waals surface area contributed by atoms with Gasteiger partial charge in [0.1, 0.15) is 12.3 Å². The number of hydrogen-bond donors (Lipinski definition) is 2. The summed E-state index contributed by atoms with van der Waals surface area (Å²) >= 11 is 0. The second kappa shape index (κ2) is 9.23. The van der Waals surface area contributed by atoms with Crippen LogP contribution in [-0.4, -0.2) is 39.6 Å². The molecule has 8 nitrogen and oxygen atoms in total. The van der Waals surface area contributed by atoms with Gasteiger partial charge in [-0.1, -0.05) is 6.07 Å². The Morgan fingerprint density at radius 1 is 1.04 bits per heavy atom. The van der Waals surface area contributed by atoms with Gasteiger partial charge >= 0.3 is 0 Å². The molecular weight excluding hydrogens is 382 g/mol. The molecule has 0 aliphatic carbocycles. The van der Waals surface area contributed by atoms with Crippen molar-refractivity contribution in [2.24, 2.45) is 0 Å². The fourth-order valence-corrected chi connectivity index (χ4v) is 3.31. The molecule has 2 aromatic carbocycles. The van der Waals surface area contributed by atoms with Crippen LogP contribution >= 0.6 is 0 Å². The van der Waals surface area contributed by atoms with Crippen molar-refractivity contribution >= 4 is 38.9 Å². The van der Waals surface area contributed by atoms with Gasteiger partial charge in [-0.3, -0.25) is 13.9 Å². The maximum Gasteiger partial charge on any atom is 0.245 e. The minimum Gasteiger partial charge on any atom is -0.494 e. The van der Waals surface area contributed by atoms with Gasteiger partial charge in [-0.2, -0.15) is 0 Å². The van der Waals surface area contributed by atoms with Crippen LogP contribution in [0, 0.1) is 0 Å². The molecule has 150 valence electrons. The summed E-state index contributed by atoms with van der Waals surface area (Å²) in [5, 5.41) is 5.27. The molecule has 9 heteroatoms. The van der Waals surface area contributed by atoms with E-state index in [-0.39, 0.29) is 12.5 Å². The van der Waals surface area contributed by atoms with Crippen molar-refractivity contribution in [2.75, 3.05) is 34.3 Å². The number of nitrogens with one attached hydrogen (secondary N) is 2. The zero-order valence-electron chi connectivity index (χ0n) is 15.9. The Bertz CT molecular complexity index is 942. The van der Waals surface area contributed by atoms with Crippen molar-refractivity contribution in [2.45, 2.75) is 13.8 Å². The van der Waals surface area contributed by atoms with Gasteiger partial charge in [0.25, 0.3) is 0 Å². The predicted molar refractivity (Wildman–Crippen MR) is 109 cm³/mol. The second-order valence-corrected chi connectivity index (χ2v) is 7.91. The van der Waals surface area contributed by atoms with Crippen molar-refractivity contribution in [1.29, 1.82) is 0 Å². The van der Waals surface area contributed by atoms with E-state index in [0.717, 1.165) is 10.6 Å². The van der Waals surface area contributed by atoms with E-state index in [9.17, 15) is 18.0 Å². The van der Waals surface area contributed by atoms with Crippen LogP contribution in [-0.2, 0) is 19.6 Å². The first kappa shape index (κ1) is 21.2. The van der Waals surface area contributed by atoms with Crippen molar-refractivity contribution in [3.05, 3.63) is 48.5 Å². The molecule has 0 fully saturated rings. The Hall–Kier alpha value is -3.07. The van der Waals surface area contributed by atoms with E-state index in [4.69, 9.17) is 4.74 Å². The van der Waals surface area contributed by atoms with Crippen molar-refractivity contribution in [3.63, 3.8) is 0 Å². The summed E-state index contributed by atoms with van der Waals surface area (Å²) in [5.74, 6) is -0.183. The van der Waals surface area contributed by atoms with E-state index in [2.05, 4.69) is 10.6 Å². The van der Waals surface area contributed by atoms with Crippen LogP contribution in [0.4, 0.5) is 17.1 Å². The number of anilines is 3. The summed E-state index contributed by atoms with van der Waals surface area (Å²) in [6, 6.07) is 13.0. The topological polar surface area (TPSA) is 105 Å². The molecule has 0 spiro atoms. The van der Waals surface area contributed by atoms with Crippen LogP contribution in [0.5, 0.6) is 5.75 Å². The molecule has 0 saturated carbocycles. The predicted octanol–water partition coefficient (Wildman–Crippen LogP) is 2.45. The molecule has 0 radical (unpaired) electrons. The van der Waals surface area contributed by atoms with Crippen molar-refractivity contribution < 1.29 is 22.7 Å². The maximum absolute atomic E-state index is 12.4. The van der Waals surface area contributed by atoms with Gasteiger partial charge < -0.3 is 15.4 Å². The minimum absolute atomic E-state index is 0.199. The molecule has 28 heavy (non-hydrogen) atoms. The summed E-state index contributed by atoms with van der Waals surface area (Å²) < 4.78 is 30.8. The van der Waals surface area contributed by atoms with E-state index >= 15 is 0 Å². The van der Waals surface area contributed by atoms with Gasteiger partial charge in [0.05, 0.1) is 18.6 Å². The molecule has 2 N–H and O–H groups in total. The Morgan fingerprint density at radius 3 is 2.18 bits per heavy atom. The van der Waals surface area contributed by atoms with Gasteiger partial charge in [0, 0.05) is 24.4 Å². The van der Waals surface area contributed by atoms with Crippen LogP contribution in [0.15, 0.2) is 48.5 Å². The Morgan fingerprint density at radius 2 is 1.64 bits per heavy atom. The number of carbonyl (C=O) groups excluding carboxylic acids is 2. The highest BCUT2D eigenvalue weighted by Gasteiger charge is 2.21. The van der Waals surface area contributed by atoms with Gasteiger partial charge in [-0.05, 0) is 43.3 Å². The molecule has 0 aliphatic rings. The number of carbonyl (C=O) groups is 2. The molecule has 0 unspecified atom stereocenters. The lowest BCUT2D eigenvalue weighted by Crippen LogP contribution is -2.37. The highest BCUT2D eigenvalue weighted by molar-refractivity contribution is 7.92. The lowest BCUT2D eigenvalue weighted by Gasteiger charge is -2.22. The number of ether oxygens (including phenoxy) is 1. The van der Waals surface area contributed by atoms with E-state index in [1.165, 1.54) is 6.92 Å². The number of sulfonamides is 1. The van der Waals surface area contributed by atoms with Crippen LogP contribution in [0.1, 0.15) is 13.8 Å². The number of benzene rings is 2. The molecule has 2 rings (SSSR count). The molecule has 0 atom stereocenters. The first-order chi connectivity index (χ1) is 13.2. The molecule has 0 bridgehead atoms. The number of nitrogens with zero attached hydrogens (tertiary/aromatic N) is 1. The lowest BCUT2D eigenvalue weighted by atomic mass is 10.2. The van der Waals surface area contributed by atoms with Crippen molar-refractivity contribution in [3.8, 4) is 5.75 Å². The van der Waals surface area contributed by atoms with E-state index < -0.39 is 15.9 Å². The third-order valence-corrected chi connectivity index (χ3v) is 4.73. The average Bonchev–Trinajstić information content (AvgIpc) is 2.60. The summed E-state index contributed by atoms with van der Waals surface area (Å²) in [7, 11) is -3.69. The third kappa shape index (κ3) is 6.27. The number of amides is 2. The second-order valence-electron chi connectivity index (χ2n) is 6.01. The molecule has 0 aliphatic heterocycles. The zero-order chi connectivity index (χ0) is 20.7. The summed E-state index contributed by atoms with van der Waals surface area (Å²) in [5.41, 5.74) is 1.41. The Balaban J connectivity index is 2.13. The minimum atomic E-state index is -3.69. The van der Waals surface area contributed by atoms with Gasteiger partial charge in [0.2, 0.25) is 21.8 Å². The quantitative estimate of drug-likeness (QED) is 0.702. The molecule has 0 saturated heterocycles. The fourth-order valence-electron chi connectivity index (χ4n) is 2.47. The SMILES string of the molecule is CCOc1cccc(N(CC(=O)Nc2ccc(NC(C)=O)cc2)S(C)(=O)=O)c1. The van der Waals surface area contributed by atoms with E-state index in [0.29, 0.717) is 29.4 Å². The Labute approximate surface area is 164 Å². The van der Waals surface area contributed by atoms with Crippen LogP contribution < -0.4 is 19.7 Å². The van der Waals surface area contributed by atoms with Gasteiger partial charge in [-0.25, -0.2) is 8.42 Å². The molecule has 2 amide bonds. The standard InChI is InChI=1S/C19H23N3O5S/c1-4-27-18-7-5-6-17(12-18)22(28(3,25)26)13-19(24)21-16-10-8-15(9-11-16)20-14(2)23/h5-12H,4,13H2,1-3H3,(H,20,23)(H,21,24). The van der Waals surface area contributed by atoms with E-state index in [1.807, 2.05) is 6.92 Å². The molecule has 0 heterocycles. The third-order valence-electron chi connectivity index (χ3n) is 3.59. The van der Waals surface area contributed by atoms with E-state index in [1.54, 1.807) is 48.5 Å². The summed E-state index contributed by atoms with van der Waals surface area (Å²) in [4.78, 5) is 23.4. The van der Waals surface area contributed by atoms with Gasteiger partial charge in [0.15, 0.2) is 0 Å². The average molecular weight is 405 g/mol. The van der Waals surface area contributed by atoms with Crippen LogP contribution in [0.2, 0.25) is 0 Å². The smallest absolute Gasteiger partial charge is 0.245 e. The first-order valence-electron chi connectivity index (χ1n) is 8.57. The maximum atomic E-state index is 12.4. The zero-order valence-corrected chi connectivity index (χ0v) is 16.7. The first-order valence-corrected chi connectivity index (χ1v) is 10.4. The normalized spacial score (nSPS) is 10.8. The highest BCUT2D eigenvalue weighted by Crippen LogP contribution is 2.23. The molecule has 2 aromatic rings. The monoisotopic (exact) mass is 405 g/mol. The molecular formula is C19H23N3O5S. The number of hydrogen-bond acceptors (Lipinski definition) is 5. The van der Waals surface area contributed by atoms with Crippen LogP contribution in [0.3, 0.4) is 0 Å². The largest absolute Gasteiger partial charge is 0.494 e. The Kier molecular flexibility index (Phi) is 7.00. The lowest BCUT2D eigenvalue weighted by molar-refractivity contribution is -0.115. The molecule has 0 aromatic heterocycles. The van der Waals surface area contributed by atoms with Crippen LogP contribution in [0.25, 0.3) is 0 Å². The van der Waals surface area contributed by atoms with Gasteiger partial charge in [-0.15, -0.1) is 0 Å². The van der Waals surface area contributed by atoms with Crippen molar-refractivity contribution in [1.82, 2.24) is 0 Å².